The molecular weight excluding hydrogens is 294 g/mol. The van der Waals surface area contributed by atoms with Crippen molar-refractivity contribution in [3.63, 3.8) is 0 Å². The average molecular weight is 315 g/mol. The molecule has 1 aromatic heterocycles. The lowest BCUT2D eigenvalue weighted by molar-refractivity contribution is -0.135. The van der Waals surface area contributed by atoms with Gasteiger partial charge in [-0.1, -0.05) is 13.8 Å². The van der Waals surface area contributed by atoms with Gasteiger partial charge in [-0.3, -0.25) is 4.79 Å². The van der Waals surface area contributed by atoms with Crippen molar-refractivity contribution in [1.82, 2.24) is 18.8 Å². The molecule has 1 fully saturated rings. The van der Waals surface area contributed by atoms with Gasteiger partial charge in [-0.2, -0.15) is 4.31 Å². The van der Waals surface area contributed by atoms with Gasteiger partial charge in [-0.15, -0.1) is 0 Å². The van der Waals surface area contributed by atoms with Crippen LogP contribution in [0.4, 0.5) is 5.82 Å². The zero-order chi connectivity index (χ0) is 15.8. The fraction of sp³-hybridized carbons (Fsp3) is 0.667. The average Bonchev–Trinajstić information content (AvgIpc) is 2.78. The van der Waals surface area contributed by atoms with E-state index in [9.17, 15) is 13.2 Å². The number of piperazine rings is 1. The predicted octanol–water partition coefficient (Wildman–Crippen LogP) is -0.509. The molecule has 1 amide bonds. The van der Waals surface area contributed by atoms with Crippen LogP contribution < -0.4 is 5.73 Å². The summed E-state index contributed by atoms with van der Waals surface area (Å²) in [6.07, 6.45) is 1.38. The second-order valence-electron chi connectivity index (χ2n) is 5.43. The number of imidazole rings is 1. The number of aromatic nitrogens is 2. The number of carbonyl (C=O) groups excluding carboxylic acids is 1. The van der Waals surface area contributed by atoms with E-state index in [1.165, 1.54) is 15.2 Å². The van der Waals surface area contributed by atoms with Crippen molar-refractivity contribution in [3.05, 3.63) is 6.33 Å². The van der Waals surface area contributed by atoms with Crippen LogP contribution in [0.25, 0.3) is 0 Å². The van der Waals surface area contributed by atoms with Crippen molar-refractivity contribution < 1.29 is 13.2 Å². The van der Waals surface area contributed by atoms with E-state index in [1.807, 2.05) is 13.8 Å². The first kappa shape index (κ1) is 15.8. The van der Waals surface area contributed by atoms with E-state index in [-0.39, 0.29) is 35.8 Å². The van der Waals surface area contributed by atoms with Crippen LogP contribution >= 0.6 is 0 Å². The number of hydrogen-bond donors (Lipinski definition) is 1. The minimum atomic E-state index is -3.68. The largest absolute Gasteiger partial charge is 0.381 e. The number of anilines is 1. The zero-order valence-electron chi connectivity index (χ0n) is 12.5. The Morgan fingerprint density at radius 3 is 2.29 bits per heavy atom. The molecule has 1 saturated heterocycles. The van der Waals surface area contributed by atoms with Crippen LogP contribution in [0.5, 0.6) is 0 Å². The van der Waals surface area contributed by atoms with E-state index >= 15 is 0 Å². The molecule has 1 aliphatic rings. The van der Waals surface area contributed by atoms with Crippen molar-refractivity contribution in [3.8, 4) is 0 Å². The molecule has 1 aliphatic heterocycles. The molecule has 0 unspecified atom stereocenters. The van der Waals surface area contributed by atoms with Crippen molar-refractivity contribution in [1.29, 1.82) is 0 Å². The molecule has 1 aromatic rings. The third-order valence-corrected chi connectivity index (χ3v) is 5.57. The van der Waals surface area contributed by atoms with Gasteiger partial charge in [-0.25, -0.2) is 13.4 Å². The van der Waals surface area contributed by atoms with E-state index < -0.39 is 10.0 Å². The Kier molecular flexibility index (Phi) is 4.24. The Hall–Kier alpha value is -1.61. The van der Waals surface area contributed by atoms with Gasteiger partial charge in [0, 0.05) is 39.1 Å². The fourth-order valence-electron chi connectivity index (χ4n) is 2.39. The highest BCUT2D eigenvalue weighted by Crippen LogP contribution is 2.22. The van der Waals surface area contributed by atoms with E-state index in [1.54, 1.807) is 11.9 Å². The molecule has 0 bridgehead atoms. The summed E-state index contributed by atoms with van der Waals surface area (Å²) in [5.74, 6) is -0.0360. The van der Waals surface area contributed by atoms with Crippen molar-refractivity contribution in [2.24, 2.45) is 13.0 Å². The quantitative estimate of drug-likeness (QED) is 0.809. The number of nitrogens with two attached hydrogens (primary N) is 1. The van der Waals surface area contributed by atoms with Crippen LogP contribution in [-0.2, 0) is 21.9 Å². The maximum absolute atomic E-state index is 12.6. The standard InChI is InChI=1S/C12H21N5O3S/c1-9(2)11(18)16-4-6-17(7-5-16)21(19,20)12-10(13)14-8-15(12)3/h8-9H,4-7,13H2,1-3H3. The van der Waals surface area contributed by atoms with Crippen LogP contribution in [0.3, 0.4) is 0 Å². The first-order valence-electron chi connectivity index (χ1n) is 6.81. The molecule has 2 heterocycles. The minimum absolute atomic E-state index is 0.00168. The van der Waals surface area contributed by atoms with Crippen LogP contribution in [0.15, 0.2) is 11.4 Å². The lowest BCUT2D eigenvalue weighted by Crippen LogP contribution is -2.51. The summed E-state index contributed by atoms with van der Waals surface area (Å²) in [5, 5.41) is 0.00568. The number of sulfonamides is 1. The van der Waals surface area contributed by atoms with Gasteiger partial charge in [-0.05, 0) is 0 Å². The van der Waals surface area contributed by atoms with E-state index in [4.69, 9.17) is 5.73 Å². The molecule has 9 heteroatoms. The highest BCUT2D eigenvalue weighted by atomic mass is 32.2. The van der Waals surface area contributed by atoms with Gasteiger partial charge < -0.3 is 15.2 Å². The normalized spacial score (nSPS) is 17.4. The Morgan fingerprint density at radius 1 is 1.29 bits per heavy atom. The fourth-order valence-corrected chi connectivity index (χ4v) is 4.00. The van der Waals surface area contributed by atoms with Crippen molar-refractivity contribution in [2.75, 3.05) is 31.9 Å². The van der Waals surface area contributed by atoms with E-state index in [2.05, 4.69) is 4.98 Å². The molecule has 8 nitrogen and oxygen atoms in total. The Labute approximate surface area is 124 Å². The number of rotatable bonds is 3. The molecule has 0 saturated carbocycles. The van der Waals surface area contributed by atoms with Gasteiger partial charge in [0.25, 0.3) is 10.0 Å². The molecular formula is C12H21N5O3S. The Morgan fingerprint density at radius 2 is 1.86 bits per heavy atom. The summed E-state index contributed by atoms with van der Waals surface area (Å²) in [6.45, 7) is 5.00. The summed E-state index contributed by atoms with van der Waals surface area (Å²) >= 11 is 0. The molecule has 21 heavy (non-hydrogen) atoms. The highest BCUT2D eigenvalue weighted by molar-refractivity contribution is 7.89. The van der Waals surface area contributed by atoms with Crippen molar-refractivity contribution in [2.45, 2.75) is 18.9 Å². The van der Waals surface area contributed by atoms with Crippen molar-refractivity contribution >= 4 is 21.7 Å². The lowest BCUT2D eigenvalue weighted by Gasteiger charge is -2.34. The van der Waals surface area contributed by atoms with Crippen LogP contribution in [0, 0.1) is 5.92 Å². The van der Waals surface area contributed by atoms with Crippen LogP contribution in [0.1, 0.15) is 13.8 Å². The smallest absolute Gasteiger partial charge is 0.262 e. The molecule has 0 spiro atoms. The van der Waals surface area contributed by atoms with Gasteiger partial charge >= 0.3 is 0 Å². The second kappa shape index (κ2) is 5.64. The topological polar surface area (TPSA) is 102 Å². The first-order chi connectivity index (χ1) is 9.75. The maximum atomic E-state index is 12.6. The lowest BCUT2D eigenvalue weighted by atomic mass is 10.2. The highest BCUT2D eigenvalue weighted by Gasteiger charge is 2.33. The Bertz CT molecular complexity index is 610. The maximum Gasteiger partial charge on any atom is 0.262 e. The van der Waals surface area contributed by atoms with Gasteiger partial charge in [0.15, 0.2) is 10.8 Å². The molecule has 0 aromatic carbocycles. The number of amides is 1. The van der Waals surface area contributed by atoms with E-state index in [0.29, 0.717) is 13.1 Å². The predicted molar refractivity (Wildman–Crippen MR) is 77.8 cm³/mol. The minimum Gasteiger partial charge on any atom is -0.381 e. The third kappa shape index (κ3) is 2.88. The molecule has 2 rings (SSSR count). The summed E-state index contributed by atoms with van der Waals surface area (Å²) in [7, 11) is -2.09. The van der Waals surface area contributed by atoms with Crippen LogP contribution in [-0.4, -0.2) is 59.3 Å². The van der Waals surface area contributed by atoms with Gasteiger partial charge in [0.1, 0.15) is 0 Å². The SMILES string of the molecule is CC(C)C(=O)N1CCN(S(=O)(=O)c2c(N)ncn2C)CC1. The molecule has 0 atom stereocenters. The first-order valence-corrected chi connectivity index (χ1v) is 8.25. The van der Waals surface area contributed by atoms with Gasteiger partial charge in [0.2, 0.25) is 5.91 Å². The molecule has 0 aliphatic carbocycles. The Balaban J connectivity index is 2.14. The van der Waals surface area contributed by atoms with Gasteiger partial charge in [0.05, 0.1) is 6.33 Å². The summed E-state index contributed by atoms with van der Waals surface area (Å²) in [6, 6.07) is 0. The number of nitrogens with zero attached hydrogens (tertiary/aromatic N) is 4. The number of nitrogen functional groups attached to an aromatic ring is 1. The third-order valence-electron chi connectivity index (χ3n) is 3.54. The summed E-state index contributed by atoms with van der Waals surface area (Å²) < 4.78 is 27.9. The van der Waals surface area contributed by atoms with E-state index in [0.717, 1.165) is 0 Å². The summed E-state index contributed by atoms with van der Waals surface area (Å²) in [5.41, 5.74) is 5.65. The molecule has 0 radical (unpaired) electrons. The summed E-state index contributed by atoms with van der Waals surface area (Å²) in [4.78, 5) is 17.4. The molecule has 2 N–H and O–H groups in total. The number of aryl methyl sites for hydroxylation is 1. The number of carbonyl (C=O) groups is 1. The second-order valence-corrected chi connectivity index (χ2v) is 7.28. The molecule has 118 valence electrons. The monoisotopic (exact) mass is 315 g/mol. The van der Waals surface area contributed by atoms with Crippen LogP contribution in [0.2, 0.25) is 0 Å². The number of hydrogen-bond acceptors (Lipinski definition) is 5. The zero-order valence-corrected chi connectivity index (χ0v) is 13.3.